The van der Waals surface area contributed by atoms with E-state index in [0.717, 1.165) is 5.56 Å². The fraction of sp³-hybridized carbons (Fsp3) is 0.100. The lowest BCUT2D eigenvalue weighted by Crippen LogP contribution is -1.91. The number of benzene rings is 1. The number of hydrogen-bond donors (Lipinski definition) is 0. The zero-order chi connectivity index (χ0) is 8.81. The standard InChI is InChI=1S/C10H10OS/c1-12-8-7-10(11)9-5-3-2-4-6-9/h2-8H,1H3/b8-7+. The van der Waals surface area contributed by atoms with E-state index in [1.807, 2.05) is 36.6 Å². The molecule has 1 aromatic carbocycles. The number of thioether (sulfide) groups is 1. The summed E-state index contributed by atoms with van der Waals surface area (Å²) in [5.41, 5.74) is 0.739. The minimum absolute atomic E-state index is 0.0601. The molecule has 0 aliphatic carbocycles. The molecule has 12 heavy (non-hydrogen) atoms. The first-order valence-corrected chi connectivity index (χ1v) is 4.92. The van der Waals surface area contributed by atoms with Crippen molar-refractivity contribution in [1.29, 1.82) is 0 Å². The zero-order valence-corrected chi connectivity index (χ0v) is 7.67. The predicted octanol–water partition coefficient (Wildman–Crippen LogP) is 2.75. The van der Waals surface area contributed by atoms with Gasteiger partial charge in [0.25, 0.3) is 0 Å². The summed E-state index contributed by atoms with van der Waals surface area (Å²) in [6, 6.07) is 9.25. The molecule has 0 N–H and O–H groups in total. The summed E-state index contributed by atoms with van der Waals surface area (Å²) in [6.45, 7) is 0. The van der Waals surface area contributed by atoms with Gasteiger partial charge in [-0.05, 0) is 17.7 Å². The Morgan fingerprint density at radius 3 is 2.58 bits per heavy atom. The van der Waals surface area contributed by atoms with Crippen LogP contribution in [0.3, 0.4) is 0 Å². The van der Waals surface area contributed by atoms with E-state index in [9.17, 15) is 4.79 Å². The summed E-state index contributed by atoms with van der Waals surface area (Å²) < 4.78 is 0. The van der Waals surface area contributed by atoms with E-state index in [2.05, 4.69) is 0 Å². The summed E-state index contributed by atoms with van der Waals surface area (Å²) in [5, 5.41) is 1.79. The lowest BCUT2D eigenvalue weighted by Gasteiger charge is -1.92. The van der Waals surface area contributed by atoms with Crippen molar-refractivity contribution in [3.8, 4) is 0 Å². The van der Waals surface area contributed by atoms with E-state index < -0.39 is 0 Å². The average Bonchev–Trinajstić information content (AvgIpc) is 2.15. The van der Waals surface area contributed by atoms with Crippen molar-refractivity contribution in [2.45, 2.75) is 0 Å². The molecular weight excluding hydrogens is 168 g/mol. The Morgan fingerprint density at radius 2 is 2.00 bits per heavy atom. The molecular formula is C10H10OS. The maximum absolute atomic E-state index is 11.3. The Kier molecular flexibility index (Phi) is 3.61. The molecule has 1 nitrogen and oxygen atoms in total. The number of carbonyl (C=O) groups is 1. The van der Waals surface area contributed by atoms with E-state index in [4.69, 9.17) is 0 Å². The summed E-state index contributed by atoms with van der Waals surface area (Å²) in [4.78, 5) is 11.3. The van der Waals surface area contributed by atoms with Crippen molar-refractivity contribution in [3.05, 3.63) is 47.4 Å². The molecule has 0 saturated carbocycles. The molecule has 2 heteroatoms. The molecule has 0 aliphatic heterocycles. The largest absolute Gasteiger partial charge is 0.289 e. The second-order valence-corrected chi connectivity index (χ2v) is 3.01. The smallest absolute Gasteiger partial charge is 0.186 e. The quantitative estimate of drug-likeness (QED) is 0.523. The second-order valence-electron chi connectivity index (χ2n) is 2.27. The van der Waals surface area contributed by atoms with Crippen LogP contribution in [0.1, 0.15) is 10.4 Å². The third-order valence-corrected chi connectivity index (χ3v) is 1.82. The molecule has 0 saturated heterocycles. The summed E-state index contributed by atoms with van der Waals surface area (Å²) in [6.07, 6.45) is 3.51. The Hall–Kier alpha value is -1.02. The molecule has 0 spiro atoms. The van der Waals surface area contributed by atoms with Crippen molar-refractivity contribution in [2.24, 2.45) is 0 Å². The average molecular weight is 178 g/mol. The lowest BCUT2D eigenvalue weighted by molar-refractivity contribution is 0.104. The van der Waals surface area contributed by atoms with Crippen molar-refractivity contribution < 1.29 is 4.79 Å². The van der Waals surface area contributed by atoms with Crippen LogP contribution >= 0.6 is 11.8 Å². The molecule has 0 radical (unpaired) electrons. The Morgan fingerprint density at radius 1 is 1.33 bits per heavy atom. The molecule has 62 valence electrons. The minimum atomic E-state index is 0.0601. The Balaban J connectivity index is 2.72. The fourth-order valence-electron chi connectivity index (χ4n) is 0.828. The van der Waals surface area contributed by atoms with Gasteiger partial charge >= 0.3 is 0 Å². The highest BCUT2D eigenvalue weighted by Gasteiger charge is 1.97. The van der Waals surface area contributed by atoms with E-state index in [1.165, 1.54) is 11.8 Å². The lowest BCUT2D eigenvalue weighted by atomic mass is 10.1. The first-order chi connectivity index (χ1) is 5.84. The van der Waals surface area contributed by atoms with Gasteiger partial charge in [-0.15, -0.1) is 11.8 Å². The van der Waals surface area contributed by atoms with Crippen LogP contribution in [-0.4, -0.2) is 12.0 Å². The zero-order valence-electron chi connectivity index (χ0n) is 6.86. The van der Waals surface area contributed by atoms with Crippen molar-refractivity contribution in [3.63, 3.8) is 0 Å². The highest BCUT2D eigenvalue weighted by atomic mass is 32.2. The minimum Gasteiger partial charge on any atom is -0.289 e. The van der Waals surface area contributed by atoms with Crippen molar-refractivity contribution >= 4 is 17.5 Å². The van der Waals surface area contributed by atoms with Gasteiger partial charge in [0.1, 0.15) is 0 Å². The van der Waals surface area contributed by atoms with Gasteiger partial charge in [0, 0.05) is 5.56 Å². The SMILES string of the molecule is CS/C=C/C(=O)c1ccccc1. The van der Waals surface area contributed by atoms with Crippen LogP contribution in [0.5, 0.6) is 0 Å². The van der Waals surface area contributed by atoms with E-state index >= 15 is 0 Å². The first kappa shape index (κ1) is 9.07. The fourth-order valence-corrected chi connectivity index (χ4v) is 1.09. The van der Waals surface area contributed by atoms with E-state index in [-0.39, 0.29) is 5.78 Å². The highest BCUT2D eigenvalue weighted by molar-refractivity contribution is 8.01. The van der Waals surface area contributed by atoms with E-state index in [1.54, 1.807) is 11.5 Å². The van der Waals surface area contributed by atoms with Gasteiger partial charge in [0.15, 0.2) is 5.78 Å². The summed E-state index contributed by atoms with van der Waals surface area (Å²) in [5.74, 6) is 0.0601. The third-order valence-electron chi connectivity index (χ3n) is 1.41. The third kappa shape index (κ3) is 2.55. The predicted molar refractivity (Wildman–Crippen MR) is 53.4 cm³/mol. The molecule has 0 unspecified atom stereocenters. The first-order valence-electron chi connectivity index (χ1n) is 3.63. The molecule has 0 bridgehead atoms. The van der Waals surface area contributed by atoms with Gasteiger partial charge in [0.05, 0.1) is 0 Å². The van der Waals surface area contributed by atoms with Crippen LogP contribution in [0.4, 0.5) is 0 Å². The molecule has 0 aliphatic rings. The van der Waals surface area contributed by atoms with Crippen molar-refractivity contribution in [1.82, 2.24) is 0 Å². The number of allylic oxidation sites excluding steroid dienone is 1. The van der Waals surface area contributed by atoms with Crippen LogP contribution in [0.2, 0.25) is 0 Å². The molecule has 1 aromatic rings. The maximum atomic E-state index is 11.3. The topological polar surface area (TPSA) is 17.1 Å². The summed E-state index contributed by atoms with van der Waals surface area (Å²) in [7, 11) is 0. The van der Waals surface area contributed by atoms with E-state index in [0.29, 0.717) is 0 Å². The molecule has 0 fully saturated rings. The molecule has 0 amide bonds. The van der Waals surface area contributed by atoms with Crippen LogP contribution in [0.25, 0.3) is 0 Å². The Bertz CT molecular complexity index is 277. The van der Waals surface area contributed by atoms with Crippen molar-refractivity contribution in [2.75, 3.05) is 6.26 Å². The number of ketones is 1. The van der Waals surface area contributed by atoms with Gasteiger partial charge in [-0.25, -0.2) is 0 Å². The van der Waals surface area contributed by atoms with Crippen LogP contribution in [0.15, 0.2) is 41.8 Å². The van der Waals surface area contributed by atoms with Crippen LogP contribution in [0, 0.1) is 0 Å². The molecule has 0 aromatic heterocycles. The van der Waals surface area contributed by atoms with Gasteiger partial charge in [-0.2, -0.15) is 0 Å². The maximum Gasteiger partial charge on any atom is 0.186 e. The second kappa shape index (κ2) is 4.78. The molecule has 0 atom stereocenters. The van der Waals surface area contributed by atoms with Gasteiger partial charge in [-0.3, -0.25) is 4.79 Å². The highest BCUT2D eigenvalue weighted by Crippen LogP contribution is 2.02. The normalized spacial score (nSPS) is 10.4. The van der Waals surface area contributed by atoms with Crippen LogP contribution in [-0.2, 0) is 0 Å². The molecule has 1 rings (SSSR count). The molecule has 0 heterocycles. The number of hydrogen-bond acceptors (Lipinski definition) is 2. The van der Waals surface area contributed by atoms with Gasteiger partial charge < -0.3 is 0 Å². The number of carbonyl (C=O) groups excluding carboxylic acids is 1. The Labute approximate surface area is 76.5 Å². The summed E-state index contributed by atoms with van der Waals surface area (Å²) >= 11 is 1.52. The van der Waals surface area contributed by atoms with Crippen LogP contribution < -0.4 is 0 Å². The number of rotatable bonds is 3. The monoisotopic (exact) mass is 178 g/mol. The van der Waals surface area contributed by atoms with Gasteiger partial charge in [0.2, 0.25) is 0 Å². The van der Waals surface area contributed by atoms with Gasteiger partial charge in [-0.1, -0.05) is 30.3 Å².